The Balaban J connectivity index is 2.11. The highest BCUT2D eigenvalue weighted by Gasteiger charge is 2.18. The monoisotopic (exact) mass is 376 g/mol. The zero-order chi connectivity index (χ0) is 19.8. The first-order valence-corrected chi connectivity index (χ1v) is 8.92. The fourth-order valence-electron chi connectivity index (χ4n) is 2.74. The molecule has 8 heteroatoms. The second-order valence-electron chi connectivity index (χ2n) is 5.88. The molecule has 0 spiro atoms. The molecule has 0 fully saturated rings. The third-order valence-electron chi connectivity index (χ3n) is 4.38. The summed E-state index contributed by atoms with van der Waals surface area (Å²) < 4.78 is 17.7. The van der Waals surface area contributed by atoms with Gasteiger partial charge in [-0.05, 0) is 13.1 Å². The summed E-state index contributed by atoms with van der Waals surface area (Å²) in [5, 5.41) is 7.15. The molecule has 2 aromatic rings. The Morgan fingerprint density at radius 2 is 1.70 bits per heavy atom. The number of carbonyl (C=O) groups excluding carboxylic acids is 1. The van der Waals surface area contributed by atoms with E-state index in [1.165, 1.54) is 21.3 Å². The van der Waals surface area contributed by atoms with Gasteiger partial charge < -0.3 is 24.4 Å². The topological polar surface area (TPSA) is 77.9 Å². The molecule has 1 amide bonds. The van der Waals surface area contributed by atoms with Crippen LogP contribution in [0.1, 0.15) is 24.2 Å². The molecular formula is C19H28N4O4. The van der Waals surface area contributed by atoms with E-state index in [9.17, 15) is 4.79 Å². The Hall–Kier alpha value is -2.74. The quantitative estimate of drug-likeness (QED) is 0.686. The Morgan fingerprint density at radius 3 is 2.30 bits per heavy atom. The molecule has 1 N–H and O–H groups in total. The normalized spacial score (nSPS) is 10.7. The first kappa shape index (κ1) is 20.6. The van der Waals surface area contributed by atoms with Crippen molar-refractivity contribution in [2.24, 2.45) is 0 Å². The van der Waals surface area contributed by atoms with E-state index in [2.05, 4.69) is 29.2 Å². The molecule has 8 nitrogen and oxygen atoms in total. The largest absolute Gasteiger partial charge is 0.496 e. The number of benzene rings is 1. The highest BCUT2D eigenvalue weighted by atomic mass is 16.5. The highest BCUT2D eigenvalue weighted by molar-refractivity contribution is 6.06. The minimum Gasteiger partial charge on any atom is -0.496 e. The van der Waals surface area contributed by atoms with Crippen LogP contribution >= 0.6 is 0 Å². The summed E-state index contributed by atoms with van der Waals surface area (Å²) in [4.78, 5) is 15.0. The van der Waals surface area contributed by atoms with Crippen molar-refractivity contribution in [1.29, 1.82) is 0 Å². The van der Waals surface area contributed by atoms with Crippen molar-refractivity contribution in [1.82, 2.24) is 14.7 Å². The van der Waals surface area contributed by atoms with Crippen LogP contribution in [0.2, 0.25) is 0 Å². The maximum absolute atomic E-state index is 12.7. The van der Waals surface area contributed by atoms with E-state index in [4.69, 9.17) is 14.2 Å². The molecule has 0 atom stereocenters. The Morgan fingerprint density at radius 1 is 1.07 bits per heavy atom. The molecule has 27 heavy (non-hydrogen) atoms. The highest BCUT2D eigenvalue weighted by Crippen LogP contribution is 2.34. The van der Waals surface area contributed by atoms with Crippen molar-refractivity contribution in [3.63, 3.8) is 0 Å². The first-order valence-electron chi connectivity index (χ1n) is 8.92. The van der Waals surface area contributed by atoms with E-state index >= 15 is 0 Å². The van der Waals surface area contributed by atoms with Crippen molar-refractivity contribution in [2.75, 3.05) is 46.3 Å². The molecule has 0 aliphatic heterocycles. The van der Waals surface area contributed by atoms with Gasteiger partial charge >= 0.3 is 0 Å². The van der Waals surface area contributed by atoms with E-state index < -0.39 is 0 Å². The smallest absolute Gasteiger partial charge is 0.259 e. The summed E-state index contributed by atoms with van der Waals surface area (Å²) in [7, 11) is 4.55. The number of nitrogens with one attached hydrogen (secondary N) is 1. The fraction of sp³-hybridized carbons (Fsp3) is 0.474. The number of carbonyl (C=O) groups is 1. The minimum absolute atomic E-state index is 0.309. The summed E-state index contributed by atoms with van der Waals surface area (Å²) in [5.74, 6) is 1.05. The summed E-state index contributed by atoms with van der Waals surface area (Å²) in [6, 6.07) is 3.22. The van der Waals surface area contributed by atoms with Gasteiger partial charge in [0.25, 0.3) is 5.91 Å². The van der Waals surface area contributed by atoms with Crippen LogP contribution in [0.15, 0.2) is 24.5 Å². The van der Waals surface area contributed by atoms with Gasteiger partial charge in [0.1, 0.15) is 5.75 Å². The summed E-state index contributed by atoms with van der Waals surface area (Å²) in [6.45, 7) is 7.94. The number of ether oxygens (including phenoxy) is 3. The Bertz CT molecular complexity index is 756. The van der Waals surface area contributed by atoms with Crippen LogP contribution in [0, 0.1) is 0 Å². The van der Waals surface area contributed by atoms with E-state index in [-0.39, 0.29) is 5.91 Å². The first-order chi connectivity index (χ1) is 13.1. The molecule has 148 valence electrons. The van der Waals surface area contributed by atoms with Crippen molar-refractivity contribution >= 4 is 11.6 Å². The molecule has 1 heterocycles. The number of hydrogen-bond donors (Lipinski definition) is 1. The predicted molar refractivity (Wildman–Crippen MR) is 104 cm³/mol. The van der Waals surface area contributed by atoms with E-state index in [0.29, 0.717) is 28.5 Å². The Labute approximate surface area is 160 Å². The SMILES string of the molecule is CCN(CC)CCn1cc(NC(=O)c2cc(OC)c(OC)cc2OC)cn1. The molecular weight excluding hydrogens is 348 g/mol. The summed E-state index contributed by atoms with van der Waals surface area (Å²) in [6.07, 6.45) is 3.45. The second kappa shape index (κ2) is 9.82. The van der Waals surface area contributed by atoms with Crippen LogP contribution in [-0.4, -0.2) is 61.6 Å². The predicted octanol–water partition coefficient (Wildman–Crippen LogP) is 2.50. The molecule has 1 aromatic heterocycles. The molecule has 0 unspecified atom stereocenters. The van der Waals surface area contributed by atoms with Gasteiger partial charge in [-0.15, -0.1) is 0 Å². The number of anilines is 1. The van der Waals surface area contributed by atoms with Gasteiger partial charge in [0.05, 0.1) is 45.3 Å². The molecule has 0 radical (unpaired) electrons. The van der Waals surface area contributed by atoms with Gasteiger partial charge in [-0.25, -0.2) is 0 Å². The molecule has 0 aliphatic carbocycles. The van der Waals surface area contributed by atoms with E-state index in [1.807, 2.05) is 10.9 Å². The lowest BCUT2D eigenvalue weighted by Gasteiger charge is -2.17. The zero-order valence-corrected chi connectivity index (χ0v) is 16.6. The summed E-state index contributed by atoms with van der Waals surface area (Å²) in [5.41, 5.74) is 0.974. The average Bonchev–Trinajstić information content (AvgIpc) is 3.14. The average molecular weight is 376 g/mol. The molecule has 1 aromatic carbocycles. The molecule has 0 saturated heterocycles. The second-order valence-corrected chi connectivity index (χ2v) is 5.88. The van der Waals surface area contributed by atoms with Crippen LogP contribution in [0.4, 0.5) is 5.69 Å². The fourth-order valence-corrected chi connectivity index (χ4v) is 2.74. The lowest BCUT2D eigenvalue weighted by molar-refractivity contribution is 0.102. The number of aromatic nitrogens is 2. The maximum atomic E-state index is 12.7. The number of hydrogen-bond acceptors (Lipinski definition) is 6. The van der Waals surface area contributed by atoms with Crippen LogP contribution in [0.5, 0.6) is 17.2 Å². The van der Waals surface area contributed by atoms with Gasteiger partial charge in [0.2, 0.25) is 0 Å². The molecule has 0 bridgehead atoms. The lowest BCUT2D eigenvalue weighted by atomic mass is 10.1. The van der Waals surface area contributed by atoms with Gasteiger partial charge in [-0.1, -0.05) is 13.8 Å². The van der Waals surface area contributed by atoms with Crippen LogP contribution < -0.4 is 19.5 Å². The van der Waals surface area contributed by atoms with Crippen LogP contribution in [-0.2, 0) is 6.54 Å². The summed E-state index contributed by atoms with van der Waals surface area (Å²) >= 11 is 0. The van der Waals surface area contributed by atoms with Crippen molar-refractivity contribution in [2.45, 2.75) is 20.4 Å². The van der Waals surface area contributed by atoms with Crippen molar-refractivity contribution in [3.05, 3.63) is 30.1 Å². The molecule has 0 aliphatic rings. The third-order valence-corrected chi connectivity index (χ3v) is 4.38. The molecule has 2 rings (SSSR count). The molecule has 0 saturated carbocycles. The van der Waals surface area contributed by atoms with Crippen molar-refractivity contribution in [3.8, 4) is 17.2 Å². The third kappa shape index (κ3) is 5.13. The van der Waals surface area contributed by atoms with Gasteiger partial charge in [-0.2, -0.15) is 5.10 Å². The van der Waals surface area contributed by atoms with Gasteiger partial charge in [0, 0.05) is 24.9 Å². The number of likely N-dealkylation sites (N-methyl/N-ethyl adjacent to an activating group) is 1. The Kier molecular flexibility index (Phi) is 7.48. The van der Waals surface area contributed by atoms with Gasteiger partial charge in [0.15, 0.2) is 11.5 Å². The standard InChI is InChI=1S/C19H28N4O4/c1-6-22(7-2)8-9-23-13-14(12-20-23)21-19(24)15-10-17(26-4)18(27-5)11-16(15)25-3/h10-13H,6-9H2,1-5H3,(H,21,24). The van der Waals surface area contributed by atoms with E-state index in [1.54, 1.807) is 18.3 Å². The number of nitrogens with zero attached hydrogens (tertiary/aromatic N) is 3. The van der Waals surface area contributed by atoms with Crippen LogP contribution in [0.3, 0.4) is 0 Å². The zero-order valence-electron chi connectivity index (χ0n) is 16.6. The minimum atomic E-state index is -0.309. The van der Waals surface area contributed by atoms with Crippen LogP contribution in [0.25, 0.3) is 0 Å². The number of rotatable bonds is 10. The van der Waals surface area contributed by atoms with Crippen molar-refractivity contribution < 1.29 is 19.0 Å². The number of amides is 1. The lowest BCUT2D eigenvalue weighted by Crippen LogP contribution is -2.27. The maximum Gasteiger partial charge on any atom is 0.259 e. The van der Waals surface area contributed by atoms with Gasteiger partial charge in [-0.3, -0.25) is 9.48 Å². The number of methoxy groups -OCH3 is 3. The van der Waals surface area contributed by atoms with E-state index in [0.717, 1.165) is 26.2 Å².